The predicted octanol–water partition coefficient (Wildman–Crippen LogP) is 6.98. The fraction of sp³-hybridized carbons (Fsp3) is 0.389. The van der Waals surface area contributed by atoms with Crippen molar-refractivity contribution in [3.8, 4) is 51.5 Å². The van der Waals surface area contributed by atoms with E-state index in [1.165, 1.54) is 0 Å². The van der Waals surface area contributed by atoms with Crippen LogP contribution in [0.3, 0.4) is 0 Å². The molecule has 2 fully saturated rings. The summed E-state index contributed by atoms with van der Waals surface area (Å²) < 4.78 is 11.2. The van der Waals surface area contributed by atoms with Crippen LogP contribution >= 0.6 is 23.2 Å². The molecule has 1 amide bonds. The molecule has 48 heavy (non-hydrogen) atoms. The van der Waals surface area contributed by atoms with Crippen LogP contribution in [-0.4, -0.2) is 52.6 Å². The first-order valence-corrected chi connectivity index (χ1v) is 16.9. The molecule has 2 aromatic carbocycles. The number of nitrogens with one attached hydrogen (secondary N) is 2. The lowest BCUT2D eigenvalue weighted by Crippen LogP contribution is -2.38. The van der Waals surface area contributed by atoms with Crippen molar-refractivity contribution in [3.05, 3.63) is 70.2 Å². The van der Waals surface area contributed by atoms with Gasteiger partial charge in [-0.15, -0.1) is 0 Å². The van der Waals surface area contributed by atoms with Crippen molar-refractivity contribution in [3.63, 3.8) is 0 Å². The van der Waals surface area contributed by atoms with Crippen LogP contribution in [0.5, 0.6) is 11.8 Å². The molecule has 2 N–H and O–H groups in total. The number of amides is 1. The Hall–Kier alpha value is -4.30. The van der Waals surface area contributed by atoms with Gasteiger partial charge in [-0.05, 0) is 38.5 Å². The maximum atomic E-state index is 11.5. The van der Waals surface area contributed by atoms with Crippen LogP contribution in [0, 0.1) is 16.7 Å². The topological polar surface area (TPSA) is 135 Å². The summed E-state index contributed by atoms with van der Waals surface area (Å²) in [5, 5.41) is 16.8. The van der Waals surface area contributed by atoms with Crippen molar-refractivity contribution >= 4 is 29.1 Å². The van der Waals surface area contributed by atoms with Crippen LogP contribution in [0.25, 0.3) is 33.6 Å². The molecular formula is C36H37Cl2N7O3. The van der Waals surface area contributed by atoms with Crippen molar-refractivity contribution in [1.82, 2.24) is 30.6 Å². The van der Waals surface area contributed by atoms with Crippen LogP contribution in [0.15, 0.2) is 48.8 Å². The molecule has 0 unspecified atom stereocenters. The SMILES string of the molecule is COc1nc(-c2cccc(-c3cccc(-c4cnc(CNCC5(C#N)CCC5)c(OC)n4)c3Cl)c2Cl)cnc1CCC[C@@H]1CCC(=O)N1. The molecule has 1 saturated carbocycles. The molecule has 2 aliphatic rings. The molecule has 3 heterocycles. The zero-order valence-electron chi connectivity index (χ0n) is 27.0. The minimum Gasteiger partial charge on any atom is -0.480 e. The summed E-state index contributed by atoms with van der Waals surface area (Å²) in [7, 11) is 3.14. The van der Waals surface area contributed by atoms with Crippen molar-refractivity contribution < 1.29 is 14.3 Å². The average molecular weight is 687 g/mol. The molecule has 2 aromatic heterocycles. The Labute approximate surface area is 290 Å². The number of aryl methyl sites for hydroxylation is 1. The number of hydrogen-bond acceptors (Lipinski definition) is 9. The van der Waals surface area contributed by atoms with E-state index in [-0.39, 0.29) is 17.4 Å². The number of rotatable bonds is 13. The number of ether oxygens (including phenoxy) is 2. The highest BCUT2D eigenvalue weighted by Gasteiger charge is 2.36. The first-order valence-electron chi connectivity index (χ1n) is 16.1. The van der Waals surface area contributed by atoms with Crippen LogP contribution in [-0.2, 0) is 17.8 Å². The van der Waals surface area contributed by atoms with E-state index in [4.69, 9.17) is 42.6 Å². The monoisotopic (exact) mass is 685 g/mol. The molecule has 0 bridgehead atoms. The minimum atomic E-state index is -0.286. The Bertz CT molecular complexity index is 1860. The zero-order chi connectivity index (χ0) is 33.7. The maximum absolute atomic E-state index is 11.5. The lowest BCUT2D eigenvalue weighted by molar-refractivity contribution is -0.119. The molecule has 6 rings (SSSR count). The third kappa shape index (κ3) is 7.09. The van der Waals surface area contributed by atoms with E-state index in [0.717, 1.165) is 55.3 Å². The van der Waals surface area contributed by atoms with E-state index in [2.05, 4.69) is 26.7 Å². The number of aromatic nitrogens is 4. The standard InChI is InChI=1S/C36H37Cl2N7O3/c1-47-34-27(12-3-7-22-13-14-31(46)43-22)41-18-28(44-34)25-10-4-8-23(32(25)37)24-9-5-11-26(33(24)38)29-19-42-30(35(45-29)48-2)17-40-21-36(20-39)15-6-16-36/h4-5,8-11,18-19,22,40H,3,6-7,12-17,21H2,1-2H3,(H,43,46)/t22-/m1/s1. The number of carbonyl (C=O) groups excluding carboxylic acids is 1. The van der Waals surface area contributed by atoms with E-state index < -0.39 is 0 Å². The summed E-state index contributed by atoms with van der Waals surface area (Å²) in [6, 6.07) is 14.1. The van der Waals surface area contributed by atoms with Gasteiger partial charge in [0, 0.05) is 47.8 Å². The fourth-order valence-corrected chi connectivity index (χ4v) is 6.96. The number of methoxy groups -OCH3 is 2. The van der Waals surface area contributed by atoms with Gasteiger partial charge in [-0.1, -0.05) is 66.0 Å². The van der Waals surface area contributed by atoms with Crippen LogP contribution < -0.4 is 20.1 Å². The summed E-state index contributed by atoms with van der Waals surface area (Å²) in [6.45, 7) is 1.04. The molecule has 0 radical (unpaired) electrons. The van der Waals surface area contributed by atoms with E-state index in [1.54, 1.807) is 26.6 Å². The van der Waals surface area contributed by atoms with Gasteiger partial charge < -0.3 is 20.1 Å². The lowest BCUT2D eigenvalue weighted by Gasteiger charge is -2.35. The normalized spacial score (nSPS) is 16.6. The maximum Gasteiger partial charge on any atom is 0.237 e. The van der Waals surface area contributed by atoms with Gasteiger partial charge >= 0.3 is 0 Å². The third-order valence-electron chi connectivity index (χ3n) is 9.20. The van der Waals surface area contributed by atoms with Gasteiger partial charge in [0.05, 0.1) is 59.5 Å². The van der Waals surface area contributed by atoms with Gasteiger partial charge in [0.25, 0.3) is 0 Å². The number of halogens is 2. The third-order valence-corrected chi connectivity index (χ3v) is 10.0. The van der Waals surface area contributed by atoms with Crippen molar-refractivity contribution in [1.29, 1.82) is 5.26 Å². The van der Waals surface area contributed by atoms with E-state index in [1.807, 2.05) is 36.4 Å². The van der Waals surface area contributed by atoms with Crippen LogP contribution in [0.2, 0.25) is 10.0 Å². The van der Waals surface area contributed by atoms with Crippen molar-refractivity contribution in [2.75, 3.05) is 20.8 Å². The van der Waals surface area contributed by atoms with Crippen molar-refractivity contribution in [2.24, 2.45) is 5.41 Å². The highest BCUT2D eigenvalue weighted by Crippen LogP contribution is 2.42. The van der Waals surface area contributed by atoms with Crippen molar-refractivity contribution in [2.45, 2.75) is 64.0 Å². The molecule has 1 aliphatic heterocycles. The smallest absolute Gasteiger partial charge is 0.237 e. The Morgan fingerprint density at radius 2 is 1.52 bits per heavy atom. The van der Waals surface area contributed by atoms with Gasteiger partial charge in [-0.25, -0.2) is 9.97 Å². The van der Waals surface area contributed by atoms with Gasteiger partial charge in [0.2, 0.25) is 17.7 Å². The summed E-state index contributed by atoms with van der Waals surface area (Å²) >= 11 is 14.1. The molecule has 1 aliphatic carbocycles. The van der Waals surface area contributed by atoms with Gasteiger partial charge in [0.15, 0.2) is 0 Å². The second-order valence-corrected chi connectivity index (χ2v) is 13.1. The number of nitriles is 1. The first-order chi connectivity index (χ1) is 23.3. The highest BCUT2D eigenvalue weighted by atomic mass is 35.5. The molecule has 1 saturated heterocycles. The number of hydrogen-bond donors (Lipinski definition) is 2. The van der Waals surface area contributed by atoms with E-state index in [0.29, 0.717) is 75.9 Å². The second kappa shape index (κ2) is 14.9. The van der Waals surface area contributed by atoms with Crippen LogP contribution in [0.4, 0.5) is 0 Å². The summed E-state index contributed by atoms with van der Waals surface area (Å²) in [6.07, 6.45) is 10.2. The highest BCUT2D eigenvalue weighted by molar-refractivity contribution is 6.39. The summed E-state index contributed by atoms with van der Waals surface area (Å²) in [5.41, 5.74) is 5.10. The first kappa shape index (κ1) is 33.6. The molecule has 12 heteroatoms. The Kier molecular flexibility index (Phi) is 10.4. The van der Waals surface area contributed by atoms with E-state index in [9.17, 15) is 10.1 Å². The Morgan fingerprint density at radius 3 is 2.04 bits per heavy atom. The Balaban J connectivity index is 1.21. The molecule has 0 spiro atoms. The molecule has 10 nitrogen and oxygen atoms in total. The molecule has 248 valence electrons. The lowest BCUT2D eigenvalue weighted by atomic mass is 9.70. The van der Waals surface area contributed by atoms with Gasteiger partial charge in [0.1, 0.15) is 11.4 Å². The summed E-state index contributed by atoms with van der Waals surface area (Å²) in [4.78, 5) is 30.3. The number of nitrogens with zero attached hydrogens (tertiary/aromatic N) is 5. The fourth-order valence-electron chi connectivity index (χ4n) is 6.31. The van der Waals surface area contributed by atoms with Gasteiger partial charge in [-0.3, -0.25) is 14.8 Å². The summed E-state index contributed by atoms with van der Waals surface area (Å²) in [5.74, 6) is 0.960. The average Bonchev–Trinajstić information content (AvgIpc) is 3.51. The molecular weight excluding hydrogens is 649 g/mol. The number of carbonyl (C=O) groups is 1. The quantitative estimate of drug-likeness (QED) is 0.153. The molecule has 4 aromatic rings. The number of benzene rings is 2. The Morgan fingerprint density at radius 1 is 0.938 bits per heavy atom. The second-order valence-electron chi connectivity index (χ2n) is 12.3. The van der Waals surface area contributed by atoms with E-state index >= 15 is 0 Å². The van der Waals surface area contributed by atoms with Crippen LogP contribution in [0.1, 0.15) is 56.3 Å². The molecule has 1 atom stereocenters. The minimum absolute atomic E-state index is 0.121. The largest absolute Gasteiger partial charge is 0.480 e. The predicted molar refractivity (Wildman–Crippen MR) is 185 cm³/mol. The van der Waals surface area contributed by atoms with Gasteiger partial charge in [-0.2, -0.15) is 5.26 Å². The zero-order valence-corrected chi connectivity index (χ0v) is 28.5.